The summed E-state index contributed by atoms with van der Waals surface area (Å²) in [6.45, 7) is 3.56. The number of hydrogen-bond acceptors (Lipinski definition) is 3. The maximum absolute atomic E-state index is 11.9. The van der Waals surface area contributed by atoms with E-state index in [2.05, 4.69) is 17.1 Å². The Labute approximate surface area is 115 Å². The van der Waals surface area contributed by atoms with Crippen molar-refractivity contribution in [1.29, 1.82) is 0 Å². The molecule has 0 bridgehead atoms. The zero-order valence-electron chi connectivity index (χ0n) is 11.9. The lowest BCUT2D eigenvalue weighted by Crippen LogP contribution is -2.40. The molecule has 1 aliphatic heterocycles. The van der Waals surface area contributed by atoms with E-state index in [1.54, 1.807) is 0 Å². The van der Waals surface area contributed by atoms with Crippen LogP contribution in [-0.2, 0) is 9.53 Å². The molecule has 0 aromatic carbocycles. The molecule has 1 amide bonds. The summed E-state index contributed by atoms with van der Waals surface area (Å²) in [5, 5.41) is 3.14. The standard InChI is InChI=1S/C15H26N2O2/c1-11-8-12(9-17(11)13-6-7-13)16-15(18)10-19-14-4-2-3-5-14/h11-14H,2-10H2,1H3,(H,16,18)/t11-,12+/m0/s1. The van der Waals surface area contributed by atoms with E-state index in [9.17, 15) is 4.79 Å². The van der Waals surface area contributed by atoms with Crippen molar-refractivity contribution >= 4 is 5.91 Å². The summed E-state index contributed by atoms with van der Waals surface area (Å²) in [5.74, 6) is 0.0711. The predicted octanol–water partition coefficient (Wildman–Crippen LogP) is 1.69. The van der Waals surface area contributed by atoms with Gasteiger partial charge in [-0.3, -0.25) is 9.69 Å². The fraction of sp³-hybridized carbons (Fsp3) is 0.933. The van der Waals surface area contributed by atoms with E-state index in [4.69, 9.17) is 4.74 Å². The lowest BCUT2D eigenvalue weighted by molar-refractivity contribution is -0.128. The molecule has 0 unspecified atom stereocenters. The third-order valence-electron chi connectivity index (χ3n) is 4.76. The molecule has 2 aliphatic carbocycles. The molecule has 0 aromatic rings. The van der Waals surface area contributed by atoms with Crippen LogP contribution in [0.4, 0.5) is 0 Å². The fourth-order valence-corrected chi connectivity index (χ4v) is 3.59. The van der Waals surface area contributed by atoms with Crippen LogP contribution in [0.3, 0.4) is 0 Å². The van der Waals surface area contributed by atoms with Gasteiger partial charge in [0.15, 0.2) is 0 Å². The summed E-state index contributed by atoms with van der Waals surface area (Å²) in [4.78, 5) is 14.5. The summed E-state index contributed by atoms with van der Waals surface area (Å²) in [6.07, 6.45) is 8.87. The van der Waals surface area contributed by atoms with E-state index in [0.717, 1.165) is 31.8 Å². The number of rotatable bonds is 5. The van der Waals surface area contributed by atoms with E-state index < -0.39 is 0 Å². The number of amides is 1. The van der Waals surface area contributed by atoms with Crippen molar-refractivity contribution in [2.45, 2.75) is 76.1 Å². The van der Waals surface area contributed by atoms with Gasteiger partial charge in [0.05, 0.1) is 6.10 Å². The van der Waals surface area contributed by atoms with E-state index in [1.807, 2.05) is 0 Å². The third kappa shape index (κ3) is 3.48. The molecule has 1 saturated heterocycles. The molecule has 19 heavy (non-hydrogen) atoms. The number of nitrogens with zero attached hydrogens (tertiary/aromatic N) is 1. The third-order valence-corrected chi connectivity index (χ3v) is 4.76. The van der Waals surface area contributed by atoms with Crippen molar-refractivity contribution in [2.24, 2.45) is 0 Å². The van der Waals surface area contributed by atoms with Gasteiger partial charge in [0.2, 0.25) is 5.91 Å². The second kappa shape index (κ2) is 5.80. The molecule has 4 nitrogen and oxygen atoms in total. The summed E-state index contributed by atoms with van der Waals surface area (Å²) in [5.41, 5.74) is 0. The average molecular weight is 266 g/mol. The Morgan fingerprint density at radius 3 is 2.68 bits per heavy atom. The molecular formula is C15H26N2O2. The molecule has 2 atom stereocenters. The number of hydrogen-bond donors (Lipinski definition) is 1. The van der Waals surface area contributed by atoms with Crippen LogP contribution >= 0.6 is 0 Å². The Morgan fingerprint density at radius 2 is 2.00 bits per heavy atom. The lowest BCUT2D eigenvalue weighted by Gasteiger charge is -2.19. The Bertz CT molecular complexity index is 324. The van der Waals surface area contributed by atoms with Gasteiger partial charge in [0, 0.05) is 24.7 Å². The fourth-order valence-electron chi connectivity index (χ4n) is 3.59. The maximum Gasteiger partial charge on any atom is 0.246 e. The van der Waals surface area contributed by atoms with Crippen molar-refractivity contribution < 1.29 is 9.53 Å². The highest BCUT2D eigenvalue weighted by Gasteiger charge is 2.39. The first-order valence-corrected chi connectivity index (χ1v) is 7.89. The van der Waals surface area contributed by atoms with E-state index in [-0.39, 0.29) is 12.5 Å². The molecular weight excluding hydrogens is 240 g/mol. The molecule has 108 valence electrons. The summed E-state index contributed by atoms with van der Waals surface area (Å²) >= 11 is 0. The van der Waals surface area contributed by atoms with Crippen molar-refractivity contribution in [2.75, 3.05) is 13.2 Å². The topological polar surface area (TPSA) is 41.6 Å². The zero-order valence-corrected chi connectivity index (χ0v) is 11.9. The maximum atomic E-state index is 11.9. The largest absolute Gasteiger partial charge is 0.368 e. The quantitative estimate of drug-likeness (QED) is 0.823. The molecule has 2 saturated carbocycles. The molecule has 0 radical (unpaired) electrons. The van der Waals surface area contributed by atoms with Gasteiger partial charge in [0.1, 0.15) is 6.61 Å². The molecule has 3 fully saturated rings. The highest BCUT2D eigenvalue weighted by atomic mass is 16.5. The average Bonchev–Trinajstić information content (AvgIpc) is 2.96. The van der Waals surface area contributed by atoms with Gasteiger partial charge in [0.25, 0.3) is 0 Å². The Kier molecular flexibility index (Phi) is 4.08. The SMILES string of the molecule is C[C@H]1C[C@@H](NC(=O)COC2CCCC2)CN1C1CC1. The van der Waals surface area contributed by atoms with Gasteiger partial charge < -0.3 is 10.1 Å². The minimum atomic E-state index is 0.0711. The molecule has 1 N–H and O–H groups in total. The van der Waals surface area contributed by atoms with Crippen LogP contribution < -0.4 is 5.32 Å². The van der Waals surface area contributed by atoms with Crippen LogP contribution in [0, 0.1) is 0 Å². The van der Waals surface area contributed by atoms with E-state index in [1.165, 1.54) is 25.7 Å². The summed E-state index contributed by atoms with van der Waals surface area (Å²) < 4.78 is 5.66. The second-order valence-electron chi connectivity index (χ2n) is 6.49. The van der Waals surface area contributed by atoms with Crippen LogP contribution in [0.5, 0.6) is 0 Å². The molecule has 0 spiro atoms. The summed E-state index contributed by atoms with van der Waals surface area (Å²) in [6, 6.07) is 1.75. The Hall–Kier alpha value is -0.610. The van der Waals surface area contributed by atoms with Gasteiger partial charge >= 0.3 is 0 Å². The second-order valence-corrected chi connectivity index (χ2v) is 6.49. The van der Waals surface area contributed by atoms with Crippen molar-refractivity contribution in [3.63, 3.8) is 0 Å². The van der Waals surface area contributed by atoms with Gasteiger partial charge in [-0.2, -0.15) is 0 Å². The van der Waals surface area contributed by atoms with E-state index in [0.29, 0.717) is 18.2 Å². The highest BCUT2D eigenvalue weighted by molar-refractivity contribution is 5.77. The minimum Gasteiger partial charge on any atom is -0.368 e. The Balaban J connectivity index is 1.37. The molecule has 0 aromatic heterocycles. The van der Waals surface area contributed by atoms with Crippen LogP contribution in [0.1, 0.15) is 51.9 Å². The number of likely N-dealkylation sites (tertiary alicyclic amines) is 1. The first-order chi connectivity index (χ1) is 9.22. The van der Waals surface area contributed by atoms with Crippen LogP contribution in [-0.4, -0.2) is 48.2 Å². The van der Waals surface area contributed by atoms with Crippen LogP contribution in [0.25, 0.3) is 0 Å². The highest BCUT2D eigenvalue weighted by Crippen LogP contribution is 2.33. The predicted molar refractivity (Wildman–Crippen MR) is 73.9 cm³/mol. The van der Waals surface area contributed by atoms with Crippen molar-refractivity contribution in [3.05, 3.63) is 0 Å². The minimum absolute atomic E-state index is 0.0711. The first-order valence-electron chi connectivity index (χ1n) is 7.89. The van der Waals surface area contributed by atoms with Crippen LogP contribution in [0.2, 0.25) is 0 Å². The smallest absolute Gasteiger partial charge is 0.246 e. The normalized spacial score (nSPS) is 32.9. The number of carbonyl (C=O) groups excluding carboxylic acids is 1. The number of carbonyl (C=O) groups is 1. The van der Waals surface area contributed by atoms with Crippen molar-refractivity contribution in [1.82, 2.24) is 10.2 Å². The Morgan fingerprint density at radius 1 is 1.26 bits per heavy atom. The van der Waals surface area contributed by atoms with Gasteiger partial charge in [-0.15, -0.1) is 0 Å². The molecule has 3 aliphatic rings. The van der Waals surface area contributed by atoms with Crippen LogP contribution in [0.15, 0.2) is 0 Å². The first kappa shape index (κ1) is 13.4. The lowest BCUT2D eigenvalue weighted by atomic mass is 10.2. The van der Waals surface area contributed by atoms with Gasteiger partial charge in [-0.1, -0.05) is 12.8 Å². The number of nitrogens with one attached hydrogen (secondary N) is 1. The monoisotopic (exact) mass is 266 g/mol. The zero-order chi connectivity index (χ0) is 13.2. The van der Waals surface area contributed by atoms with Gasteiger partial charge in [-0.05, 0) is 39.0 Å². The number of ether oxygens (including phenoxy) is 1. The summed E-state index contributed by atoms with van der Waals surface area (Å²) in [7, 11) is 0. The van der Waals surface area contributed by atoms with Gasteiger partial charge in [-0.25, -0.2) is 0 Å². The molecule has 1 heterocycles. The van der Waals surface area contributed by atoms with E-state index >= 15 is 0 Å². The molecule has 4 heteroatoms. The van der Waals surface area contributed by atoms with Crippen molar-refractivity contribution in [3.8, 4) is 0 Å². The molecule has 3 rings (SSSR count).